The molecule has 1 atom stereocenters. The predicted molar refractivity (Wildman–Crippen MR) is 122 cm³/mol. The van der Waals surface area contributed by atoms with Gasteiger partial charge in [-0.05, 0) is 60.4 Å². The fourth-order valence-electron chi connectivity index (χ4n) is 2.81. The zero-order chi connectivity index (χ0) is 23.5. The van der Waals surface area contributed by atoms with Gasteiger partial charge in [0.05, 0.1) is 19.9 Å². The quantitative estimate of drug-likeness (QED) is 0.313. The number of carbonyl (C=O) groups is 2. The summed E-state index contributed by atoms with van der Waals surface area (Å²) >= 11 is 0. The van der Waals surface area contributed by atoms with Crippen molar-refractivity contribution in [2.45, 2.75) is 39.7 Å². The highest BCUT2D eigenvalue weighted by atomic mass is 19.1. The Bertz CT molecular complexity index is 929. The first kappa shape index (κ1) is 24.8. The van der Waals surface area contributed by atoms with E-state index in [1.807, 2.05) is 0 Å². The third-order valence-electron chi connectivity index (χ3n) is 4.67. The largest absolute Gasteiger partial charge is 0.493 e. The Balaban J connectivity index is 2.00. The second-order valence-corrected chi connectivity index (χ2v) is 7.55. The Morgan fingerprint density at radius 1 is 1.12 bits per heavy atom. The summed E-state index contributed by atoms with van der Waals surface area (Å²) in [4.78, 5) is 25.0. The van der Waals surface area contributed by atoms with Gasteiger partial charge in [0, 0.05) is 5.56 Å². The molecule has 32 heavy (non-hydrogen) atoms. The van der Waals surface area contributed by atoms with Crippen LogP contribution in [0.4, 0.5) is 4.39 Å². The van der Waals surface area contributed by atoms with E-state index >= 15 is 0 Å². The van der Waals surface area contributed by atoms with Crippen molar-refractivity contribution in [2.75, 3.05) is 13.7 Å². The number of hydrogen-bond acceptors (Lipinski definition) is 5. The topological polar surface area (TPSA) is 89.0 Å². The Hall–Kier alpha value is -3.42. The van der Waals surface area contributed by atoms with Gasteiger partial charge in [-0.25, -0.2) is 9.82 Å². The monoisotopic (exact) mass is 443 g/mol. The van der Waals surface area contributed by atoms with Crippen molar-refractivity contribution in [1.82, 2.24) is 10.7 Å². The van der Waals surface area contributed by atoms with Gasteiger partial charge in [-0.1, -0.05) is 27.2 Å². The molecule has 2 aromatic carbocycles. The molecule has 0 saturated heterocycles. The number of rotatable bonds is 11. The summed E-state index contributed by atoms with van der Waals surface area (Å²) < 4.78 is 24.1. The van der Waals surface area contributed by atoms with E-state index in [0.29, 0.717) is 23.7 Å². The Morgan fingerprint density at radius 2 is 1.84 bits per heavy atom. The summed E-state index contributed by atoms with van der Waals surface area (Å²) in [5.41, 5.74) is 3.43. The van der Waals surface area contributed by atoms with E-state index in [0.717, 1.165) is 12.8 Å². The lowest BCUT2D eigenvalue weighted by molar-refractivity contribution is -0.123. The van der Waals surface area contributed by atoms with Gasteiger partial charge in [0.25, 0.3) is 11.8 Å². The van der Waals surface area contributed by atoms with Gasteiger partial charge in [0.1, 0.15) is 11.9 Å². The average molecular weight is 444 g/mol. The number of hydrazone groups is 1. The highest BCUT2D eigenvalue weighted by Gasteiger charge is 2.24. The first-order valence-corrected chi connectivity index (χ1v) is 10.6. The van der Waals surface area contributed by atoms with Crippen LogP contribution in [0.2, 0.25) is 0 Å². The maximum atomic E-state index is 13.1. The maximum absolute atomic E-state index is 13.1. The van der Waals surface area contributed by atoms with Crippen LogP contribution in [-0.2, 0) is 4.79 Å². The van der Waals surface area contributed by atoms with Crippen LogP contribution in [0.25, 0.3) is 0 Å². The summed E-state index contributed by atoms with van der Waals surface area (Å²) in [6, 6.07) is 9.65. The van der Waals surface area contributed by atoms with Crippen molar-refractivity contribution in [3.8, 4) is 11.5 Å². The highest BCUT2D eigenvalue weighted by molar-refractivity contribution is 5.97. The molecule has 0 spiro atoms. The molecule has 0 aliphatic carbocycles. The van der Waals surface area contributed by atoms with Gasteiger partial charge >= 0.3 is 0 Å². The molecule has 0 aliphatic rings. The fraction of sp³-hybridized carbons (Fsp3) is 0.375. The van der Waals surface area contributed by atoms with E-state index in [4.69, 9.17) is 9.47 Å². The van der Waals surface area contributed by atoms with Crippen molar-refractivity contribution < 1.29 is 23.5 Å². The second-order valence-electron chi connectivity index (χ2n) is 7.55. The van der Waals surface area contributed by atoms with Crippen molar-refractivity contribution >= 4 is 18.0 Å². The van der Waals surface area contributed by atoms with Crippen molar-refractivity contribution in [2.24, 2.45) is 11.0 Å². The number of halogens is 1. The summed E-state index contributed by atoms with van der Waals surface area (Å²) in [5, 5.41) is 6.66. The molecule has 0 aromatic heterocycles. The number of hydrogen-bond donors (Lipinski definition) is 2. The lowest BCUT2D eigenvalue weighted by Crippen LogP contribution is -2.48. The number of ether oxygens (including phenoxy) is 2. The molecule has 0 aliphatic heterocycles. The van der Waals surface area contributed by atoms with Crippen LogP contribution in [-0.4, -0.2) is 37.8 Å². The Morgan fingerprint density at radius 3 is 2.47 bits per heavy atom. The molecule has 1 unspecified atom stereocenters. The number of methoxy groups -OCH3 is 1. The maximum Gasteiger partial charge on any atom is 0.262 e. The molecule has 172 valence electrons. The normalized spacial score (nSPS) is 11.9. The summed E-state index contributed by atoms with van der Waals surface area (Å²) in [5.74, 6) is -0.335. The predicted octanol–water partition coefficient (Wildman–Crippen LogP) is 3.92. The van der Waals surface area contributed by atoms with Crippen molar-refractivity contribution in [1.29, 1.82) is 0 Å². The molecule has 0 saturated carbocycles. The van der Waals surface area contributed by atoms with E-state index in [1.165, 1.54) is 30.5 Å². The Labute approximate surface area is 188 Å². The van der Waals surface area contributed by atoms with Crippen molar-refractivity contribution in [3.05, 3.63) is 59.4 Å². The molecule has 2 aromatic rings. The minimum absolute atomic E-state index is 0.186. The lowest BCUT2D eigenvalue weighted by Gasteiger charge is -2.20. The van der Waals surface area contributed by atoms with Crippen LogP contribution >= 0.6 is 0 Å². The van der Waals surface area contributed by atoms with Crippen LogP contribution < -0.4 is 20.2 Å². The van der Waals surface area contributed by atoms with E-state index in [9.17, 15) is 14.0 Å². The summed E-state index contributed by atoms with van der Waals surface area (Å²) in [7, 11) is 1.56. The molecule has 0 bridgehead atoms. The third-order valence-corrected chi connectivity index (χ3v) is 4.67. The first-order valence-electron chi connectivity index (χ1n) is 10.6. The number of carbonyl (C=O) groups excluding carboxylic acids is 2. The van der Waals surface area contributed by atoms with E-state index in [-0.39, 0.29) is 11.5 Å². The van der Waals surface area contributed by atoms with Gasteiger partial charge in [0.15, 0.2) is 11.5 Å². The highest BCUT2D eigenvalue weighted by Crippen LogP contribution is 2.27. The van der Waals surface area contributed by atoms with Crippen molar-refractivity contribution in [3.63, 3.8) is 0 Å². The lowest BCUT2D eigenvalue weighted by atomic mass is 10.0. The SMILES string of the molecule is CCCCOc1ccc(/C=N/NC(=O)C(NC(=O)c2ccc(F)cc2)C(C)C)cc1OC. The van der Waals surface area contributed by atoms with Gasteiger partial charge < -0.3 is 14.8 Å². The van der Waals surface area contributed by atoms with Gasteiger partial charge in [-0.15, -0.1) is 0 Å². The number of amides is 2. The molecule has 2 amide bonds. The van der Waals surface area contributed by atoms with Gasteiger partial charge in [0.2, 0.25) is 0 Å². The molecule has 8 heteroatoms. The van der Waals surface area contributed by atoms with E-state index in [1.54, 1.807) is 39.2 Å². The molecule has 2 N–H and O–H groups in total. The van der Waals surface area contributed by atoms with Crippen LogP contribution in [0.15, 0.2) is 47.6 Å². The smallest absolute Gasteiger partial charge is 0.262 e. The van der Waals surface area contributed by atoms with Gasteiger partial charge in [-0.2, -0.15) is 5.10 Å². The third kappa shape index (κ3) is 7.37. The molecule has 2 rings (SSSR count). The fourth-order valence-corrected chi connectivity index (χ4v) is 2.81. The molecule has 7 nitrogen and oxygen atoms in total. The van der Waals surface area contributed by atoms with Gasteiger partial charge in [-0.3, -0.25) is 9.59 Å². The minimum atomic E-state index is -0.811. The standard InChI is InChI=1S/C24H30FN3O4/c1-5-6-13-32-20-12-7-17(14-21(20)31-4)15-26-28-24(30)22(16(2)3)27-23(29)18-8-10-19(25)11-9-18/h7-12,14-16,22H,5-6,13H2,1-4H3,(H,27,29)(H,28,30)/b26-15+. The van der Waals surface area contributed by atoms with E-state index in [2.05, 4.69) is 22.8 Å². The molecule has 0 heterocycles. The minimum Gasteiger partial charge on any atom is -0.493 e. The number of nitrogens with one attached hydrogen (secondary N) is 2. The molecule has 0 radical (unpaired) electrons. The molecular formula is C24H30FN3O4. The average Bonchev–Trinajstić information content (AvgIpc) is 2.78. The number of benzene rings is 2. The van der Waals surface area contributed by atoms with Crippen LogP contribution in [0.1, 0.15) is 49.5 Å². The Kier molecular flexibility index (Phi) is 9.66. The number of unbranched alkanes of at least 4 members (excludes halogenated alkanes) is 1. The van der Waals surface area contributed by atoms with Crippen LogP contribution in [0, 0.1) is 11.7 Å². The zero-order valence-electron chi connectivity index (χ0n) is 18.9. The van der Waals surface area contributed by atoms with Crippen LogP contribution in [0.5, 0.6) is 11.5 Å². The summed E-state index contributed by atoms with van der Waals surface area (Å²) in [6.07, 6.45) is 3.47. The first-order chi connectivity index (χ1) is 15.3. The number of nitrogens with zero attached hydrogens (tertiary/aromatic N) is 1. The molecular weight excluding hydrogens is 413 g/mol. The van der Waals surface area contributed by atoms with E-state index < -0.39 is 23.7 Å². The molecule has 0 fully saturated rings. The van der Waals surface area contributed by atoms with Crippen LogP contribution in [0.3, 0.4) is 0 Å². The second kappa shape index (κ2) is 12.4. The zero-order valence-corrected chi connectivity index (χ0v) is 18.9. The summed E-state index contributed by atoms with van der Waals surface area (Å²) in [6.45, 7) is 6.31.